The van der Waals surface area contributed by atoms with Gasteiger partial charge >= 0.3 is 0 Å². The fourth-order valence-electron chi connectivity index (χ4n) is 0.991. The molecule has 0 fully saturated rings. The lowest BCUT2D eigenvalue weighted by molar-refractivity contribution is -0.116. The Morgan fingerprint density at radius 3 is 3.14 bits per heavy atom. The molecule has 0 saturated carbocycles. The summed E-state index contributed by atoms with van der Waals surface area (Å²) in [5.74, 6) is 0.616. The first kappa shape index (κ1) is 10.6. The fraction of sp³-hybridized carbons (Fsp3) is 0.364. The minimum Gasteiger partial charge on any atom is -0.465 e. The minimum absolute atomic E-state index is 0.0742. The molecular formula is C11H15NO2. The highest BCUT2D eigenvalue weighted by Crippen LogP contribution is 2.01. The molecule has 3 nitrogen and oxygen atoms in total. The van der Waals surface area contributed by atoms with Gasteiger partial charge in [-0.3, -0.25) is 4.79 Å². The molecule has 1 amide bonds. The monoisotopic (exact) mass is 193 g/mol. The van der Waals surface area contributed by atoms with Crippen molar-refractivity contribution >= 4 is 12.0 Å². The van der Waals surface area contributed by atoms with E-state index in [1.165, 1.54) is 6.08 Å². The van der Waals surface area contributed by atoms with Crippen molar-refractivity contribution < 1.29 is 9.21 Å². The predicted molar refractivity (Wildman–Crippen MR) is 55.7 cm³/mol. The molecule has 0 saturated heterocycles. The first-order valence-electron chi connectivity index (χ1n) is 4.82. The molecule has 0 aromatic carbocycles. The van der Waals surface area contributed by atoms with Crippen LogP contribution in [0.1, 0.15) is 25.5 Å². The van der Waals surface area contributed by atoms with Crippen LogP contribution < -0.4 is 5.32 Å². The summed E-state index contributed by atoms with van der Waals surface area (Å²) in [6, 6.07) is 3.59. The molecule has 1 N–H and O–H groups in total. The number of rotatable bonds is 5. The number of carbonyl (C=O) groups is 1. The number of unbranched alkanes of at least 4 members (excludes halogenated alkanes) is 1. The van der Waals surface area contributed by atoms with Crippen LogP contribution in [-0.2, 0) is 4.79 Å². The number of nitrogens with one attached hydrogen (secondary N) is 1. The van der Waals surface area contributed by atoms with Crippen LogP contribution in [-0.4, -0.2) is 12.5 Å². The Morgan fingerprint density at radius 2 is 2.50 bits per heavy atom. The van der Waals surface area contributed by atoms with Gasteiger partial charge in [0.25, 0.3) is 0 Å². The third-order valence-corrected chi connectivity index (χ3v) is 1.77. The highest BCUT2D eigenvalue weighted by molar-refractivity contribution is 5.91. The Morgan fingerprint density at radius 1 is 1.64 bits per heavy atom. The second-order valence-electron chi connectivity index (χ2n) is 2.99. The second-order valence-corrected chi connectivity index (χ2v) is 2.99. The van der Waals surface area contributed by atoms with E-state index >= 15 is 0 Å². The minimum atomic E-state index is -0.0742. The Hall–Kier alpha value is -1.51. The topological polar surface area (TPSA) is 42.2 Å². The van der Waals surface area contributed by atoms with E-state index in [9.17, 15) is 4.79 Å². The van der Waals surface area contributed by atoms with Crippen molar-refractivity contribution in [3.8, 4) is 0 Å². The molecule has 1 aromatic rings. The number of amides is 1. The van der Waals surface area contributed by atoms with Crippen molar-refractivity contribution in [1.29, 1.82) is 0 Å². The van der Waals surface area contributed by atoms with Crippen LogP contribution >= 0.6 is 0 Å². The summed E-state index contributed by atoms with van der Waals surface area (Å²) in [6.45, 7) is 2.82. The fourth-order valence-corrected chi connectivity index (χ4v) is 0.991. The van der Waals surface area contributed by atoms with Gasteiger partial charge in [0.15, 0.2) is 0 Å². The third-order valence-electron chi connectivity index (χ3n) is 1.77. The standard InChI is InChI=1S/C11H15NO2/c1-2-3-8-12-11(13)7-6-10-5-4-9-14-10/h4-7,9H,2-3,8H2,1H3,(H,12,13)/b7-6+. The summed E-state index contributed by atoms with van der Waals surface area (Å²) in [5.41, 5.74) is 0. The lowest BCUT2D eigenvalue weighted by Gasteiger charge is -1.98. The quantitative estimate of drug-likeness (QED) is 0.575. The van der Waals surface area contributed by atoms with Crippen LogP contribution in [0.4, 0.5) is 0 Å². The first-order chi connectivity index (χ1) is 6.83. The van der Waals surface area contributed by atoms with Gasteiger partial charge in [0.1, 0.15) is 5.76 Å². The molecule has 0 aliphatic carbocycles. The number of furan rings is 1. The van der Waals surface area contributed by atoms with Crippen molar-refractivity contribution in [3.05, 3.63) is 30.2 Å². The van der Waals surface area contributed by atoms with E-state index in [0.717, 1.165) is 19.4 Å². The van der Waals surface area contributed by atoms with E-state index < -0.39 is 0 Å². The van der Waals surface area contributed by atoms with Crippen LogP contribution in [0.15, 0.2) is 28.9 Å². The summed E-state index contributed by atoms with van der Waals surface area (Å²) in [4.78, 5) is 11.2. The molecule has 1 aromatic heterocycles. The van der Waals surface area contributed by atoms with Gasteiger partial charge in [-0.25, -0.2) is 0 Å². The average Bonchev–Trinajstić information content (AvgIpc) is 2.68. The number of carbonyl (C=O) groups excluding carboxylic acids is 1. The van der Waals surface area contributed by atoms with Gasteiger partial charge in [0.05, 0.1) is 6.26 Å². The predicted octanol–water partition coefficient (Wildman–Crippen LogP) is 2.21. The summed E-state index contributed by atoms with van der Waals surface area (Å²) in [5, 5.41) is 2.78. The zero-order chi connectivity index (χ0) is 10.2. The number of hydrogen-bond donors (Lipinski definition) is 1. The van der Waals surface area contributed by atoms with E-state index in [2.05, 4.69) is 12.2 Å². The average molecular weight is 193 g/mol. The highest BCUT2D eigenvalue weighted by atomic mass is 16.3. The Kier molecular flexibility index (Phi) is 4.55. The summed E-state index contributed by atoms with van der Waals surface area (Å²) < 4.78 is 5.04. The van der Waals surface area contributed by atoms with Gasteiger partial charge in [-0.05, 0) is 24.6 Å². The maximum absolute atomic E-state index is 11.2. The van der Waals surface area contributed by atoms with Crippen molar-refractivity contribution in [2.45, 2.75) is 19.8 Å². The molecule has 0 unspecified atom stereocenters. The largest absolute Gasteiger partial charge is 0.465 e. The van der Waals surface area contributed by atoms with Crippen molar-refractivity contribution in [2.24, 2.45) is 0 Å². The van der Waals surface area contributed by atoms with E-state index in [4.69, 9.17) is 4.42 Å². The maximum atomic E-state index is 11.2. The lowest BCUT2D eigenvalue weighted by Crippen LogP contribution is -2.21. The van der Waals surface area contributed by atoms with E-state index in [1.807, 2.05) is 0 Å². The molecule has 14 heavy (non-hydrogen) atoms. The van der Waals surface area contributed by atoms with E-state index in [-0.39, 0.29) is 5.91 Å². The maximum Gasteiger partial charge on any atom is 0.244 e. The Labute approximate surface area is 83.8 Å². The van der Waals surface area contributed by atoms with Crippen molar-refractivity contribution in [1.82, 2.24) is 5.32 Å². The highest BCUT2D eigenvalue weighted by Gasteiger charge is 1.94. The van der Waals surface area contributed by atoms with Crippen LogP contribution in [0.25, 0.3) is 6.08 Å². The summed E-state index contributed by atoms with van der Waals surface area (Å²) >= 11 is 0. The normalized spacial score (nSPS) is 10.6. The molecule has 1 heterocycles. The molecule has 0 atom stereocenters. The van der Waals surface area contributed by atoms with Gasteiger partial charge < -0.3 is 9.73 Å². The van der Waals surface area contributed by atoms with Gasteiger partial charge in [-0.1, -0.05) is 13.3 Å². The van der Waals surface area contributed by atoms with E-state index in [0.29, 0.717) is 5.76 Å². The zero-order valence-corrected chi connectivity index (χ0v) is 8.32. The molecule has 3 heteroatoms. The van der Waals surface area contributed by atoms with Gasteiger partial charge in [-0.2, -0.15) is 0 Å². The summed E-state index contributed by atoms with van der Waals surface area (Å²) in [6.07, 6.45) is 6.81. The number of hydrogen-bond acceptors (Lipinski definition) is 2. The van der Waals surface area contributed by atoms with Crippen LogP contribution in [0.3, 0.4) is 0 Å². The van der Waals surface area contributed by atoms with Crippen molar-refractivity contribution in [2.75, 3.05) is 6.54 Å². The molecule has 0 aliphatic rings. The molecule has 0 aliphatic heterocycles. The van der Waals surface area contributed by atoms with Crippen LogP contribution in [0.2, 0.25) is 0 Å². The Balaban J connectivity index is 2.26. The molecule has 1 rings (SSSR count). The molecular weight excluding hydrogens is 178 g/mol. The smallest absolute Gasteiger partial charge is 0.244 e. The molecule has 0 spiro atoms. The SMILES string of the molecule is CCCCNC(=O)/C=C/c1ccco1. The third kappa shape index (κ3) is 3.94. The molecule has 0 bridgehead atoms. The lowest BCUT2D eigenvalue weighted by atomic mass is 10.3. The summed E-state index contributed by atoms with van der Waals surface area (Å²) in [7, 11) is 0. The molecule has 0 radical (unpaired) electrons. The second kappa shape index (κ2) is 6.02. The van der Waals surface area contributed by atoms with Gasteiger partial charge in [0, 0.05) is 12.6 Å². The van der Waals surface area contributed by atoms with Crippen LogP contribution in [0.5, 0.6) is 0 Å². The van der Waals surface area contributed by atoms with Gasteiger partial charge in [-0.15, -0.1) is 0 Å². The van der Waals surface area contributed by atoms with E-state index in [1.54, 1.807) is 24.5 Å². The molecule has 76 valence electrons. The van der Waals surface area contributed by atoms with Gasteiger partial charge in [0.2, 0.25) is 5.91 Å². The first-order valence-corrected chi connectivity index (χ1v) is 4.82. The van der Waals surface area contributed by atoms with Crippen LogP contribution in [0, 0.1) is 0 Å². The zero-order valence-electron chi connectivity index (χ0n) is 8.32. The van der Waals surface area contributed by atoms with Crippen molar-refractivity contribution in [3.63, 3.8) is 0 Å². The Bertz CT molecular complexity index is 288.